The smallest absolute Gasteiger partial charge is 0.251 e. The molecule has 0 aliphatic carbocycles. The Kier molecular flexibility index (Phi) is 3.78. The molecule has 5 nitrogen and oxygen atoms in total. The highest BCUT2D eigenvalue weighted by Crippen LogP contribution is 2.24. The molecule has 1 aromatic heterocycles. The molecule has 0 aromatic carbocycles. The minimum Gasteiger partial charge on any atom is -0.365 e. The Morgan fingerprint density at radius 2 is 2.53 bits per heavy atom. The highest BCUT2D eigenvalue weighted by molar-refractivity contribution is 5.84. The first-order chi connectivity index (χ1) is 8.21. The van der Waals surface area contributed by atoms with Crippen LogP contribution in [0.15, 0.2) is 18.5 Å². The zero-order chi connectivity index (χ0) is 12.1. The zero-order valence-electron chi connectivity index (χ0n) is 10.2. The lowest BCUT2D eigenvalue weighted by Crippen LogP contribution is -2.44. The first-order valence-electron chi connectivity index (χ1n) is 6.10. The number of nitrogens with one attached hydrogen (secondary N) is 1. The second kappa shape index (κ2) is 5.31. The number of aryl methyl sites for hydroxylation is 1. The number of amides is 1. The van der Waals surface area contributed by atoms with Crippen LogP contribution < -0.4 is 5.32 Å². The van der Waals surface area contributed by atoms with Crippen molar-refractivity contribution in [1.29, 1.82) is 0 Å². The zero-order valence-corrected chi connectivity index (χ0v) is 10.2. The van der Waals surface area contributed by atoms with Crippen LogP contribution >= 0.6 is 0 Å². The molecule has 1 fully saturated rings. The van der Waals surface area contributed by atoms with Gasteiger partial charge in [0.05, 0.1) is 0 Å². The second-order valence-corrected chi connectivity index (χ2v) is 4.56. The fourth-order valence-corrected chi connectivity index (χ4v) is 2.02. The molecule has 2 heterocycles. The topological polar surface area (TPSA) is 56.2 Å². The van der Waals surface area contributed by atoms with Crippen molar-refractivity contribution in [2.75, 3.05) is 13.2 Å². The Bertz CT molecular complexity index is 356. The summed E-state index contributed by atoms with van der Waals surface area (Å²) in [5.41, 5.74) is -0.605. The maximum atomic E-state index is 11.9. The Morgan fingerprint density at radius 1 is 1.65 bits per heavy atom. The Hall–Kier alpha value is -1.36. The summed E-state index contributed by atoms with van der Waals surface area (Å²) in [6, 6.07) is 1.89. The van der Waals surface area contributed by atoms with Crippen molar-refractivity contribution in [3.63, 3.8) is 0 Å². The molecule has 1 amide bonds. The van der Waals surface area contributed by atoms with Crippen LogP contribution in [0, 0.1) is 0 Å². The first kappa shape index (κ1) is 12.1. The van der Waals surface area contributed by atoms with E-state index in [1.807, 2.05) is 23.9 Å². The molecule has 5 heteroatoms. The van der Waals surface area contributed by atoms with Gasteiger partial charge in [-0.3, -0.25) is 9.48 Å². The Morgan fingerprint density at radius 3 is 3.18 bits per heavy atom. The van der Waals surface area contributed by atoms with Gasteiger partial charge >= 0.3 is 0 Å². The number of rotatable bonds is 5. The summed E-state index contributed by atoms with van der Waals surface area (Å²) in [7, 11) is 0. The van der Waals surface area contributed by atoms with Gasteiger partial charge in [0, 0.05) is 32.1 Å². The van der Waals surface area contributed by atoms with E-state index in [-0.39, 0.29) is 5.91 Å². The van der Waals surface area contributed by atoms with E-state index in [1.165, 1.54) is 0 Å². The fourth-order valence-electron chi connectivity index (χ4n) is 2.02. The largest absolute Gasteiger partial charge is 0.365 e. The van der Waals surface area contributed by atoms with Crippen LogP contribution in [-0.2, 0) is 16.1 Å². The lowest BCUT2D eigenvalue weighted by molar-refractivity contribution is -0.139. The highest BCUT2D eigenvalue weighted by Gasteiger charge is 2.37. The number of carbonyl (C=O) groups excluding carboxylic acids is 1. The van der Waals surface area contributed by atoms with Crippen molar-refractivity contribution < 1.29 is 9.53 Å². The maximum Gasteiger partial charge on any atom is 0.251 e. The molecule has 0 spiro atoms. The number of hydrogen-bond acceptors (Lipinski definition) is 3. The molecular formula is C12H19N3O2. The van der Waals surface area contributed by atoms with Crippen LogP contribution in [0.3, 0.4) is 0 Å². The maximum absolute atomic E-state index is 11.9. The highest BCUT2D eigenvalue weighted by atomic mass is 16.5. The van der Waals surface area contributed by atoms with Crippen molar-refractivity contribution >= 4 is 5.91 Å². The molecule has 1 aromatic rings. The molecule has 1 saturated heterocycles. The lowest BCUT2D eigenvalue weighted by atomic mass is 10.0. The molecule has 1 N–H and O–H groups in total. The van der Waals surface area contributed by atoms with Crippen LogP contribution in [0.2, 0.25) is 0 Å². The second-order valence-electron chi connectivity index (χ2n) is 4.56. The van der Waals surface area contributed by atoms with Gasteiger partial charge in [-0.15, -0.1) is 0 Å². The molecule has 1 aliphatic heterocycles. The predicted octanol–water partition coefficient (Wildman–Crippen LogP) is 0.958. The van der Waals surface area contributed by atoms with Gasteiger partial charge in [-0.1, -0.05) is 0 Å². The monoisotopic (exact) mass is 237 g/mol. The summed E-state index contributed by atoms with van der Waals surface area (Å²) in [5.74, 6) is 0.00969. The number of hydrogen-bond donors (Lipinski definition) is 1. The minimum atomic E-state index is -0.605. The number of ether oxygens (including phenoxy) is 1. The number of carbonyl (C=O) groups is 1. The Labute approximate surface area is 101 Å². The van der Waals surface area contributed by atoms with Crippen LogP contribution in [0.4, 0.5) is 0 Å². The number of nitrogens with zero attached hydrogens (tertiary/aromatic N) is 2. The van der Waals surface area contributed by atoms with E-state index >= 15 is 0 Å². The van der Waals surface area contributed by atoms with E-state index in [2.05, 4.69) is 10.4 Å². The average Bonchev–Trinajstić information content (AvgIpc) is 2.96. The predicted molar refractivity (Wildman–Crippen MR) is 63.4 cm³/mol. The van der Waals surface area contributed by atoms with Crippen molar-refractivity contribution in [3.8, 4) is 0 Å². The van der Waals surface area contributed by atoms with E-state index in [9.17, 15) is 4.79 Å². The van der Waals surface area contributed by atoms with Gasteiger partial charge in [-0.2, -0.15) is 5.10 Å². The molecule has 0 bridgehead atoms. The van der Waals surface area contributed by atoms with Gasteiger partial charge < -0.3 is 10.1 Å². The normalized spacial score (nSPS) is 23.8. The summed E-state index contributed by atoms with van der Waals surface area (Å²) in [5, 5.41) is 7.03. The molecule has 0 unspecified atom stereocenters. The molecule has 2 rings (SSSR count). The quantitative estimate of drug-likeness (QED) is 0.776. The van der Waals surface area contributed by atoms with Crippen molar-refractivity contribution in [2.24, 2.45) is 0 Å². The molecule has 1 atom stereocenters. The van der Waals surface area contributed by atoms with E-state index in [0.29, 0.717) is 13.2 Å². The van der Waals surface area contributed by atoms with E-state index in [4.69, 9.17) is 4.74 Å². The molecule has 1 aliphatic rings. The minimum absolute atomic E-state index is 0.00969. The standard InChI is InChI=1S/C12H19N3O2/c1-12(5-2-10-17-12)11(16)13-6-3-8-15-9-4-7-14-15/h4,7,9H,2-3,5-6,8,10H2,1H3,(H,13,16)/t12-/m0/s1. The first-order valence-corrected chi connectivity index (χ1v) is 6.10. The van der Waals surface area contributed by atoms with E-state index in [1.54, 1.807) is 6.20 Å². The molecular weight excluding hydrogens is 218 g/mol. The summed E-state index contributed by atoms with van der Waals surface area (Å²) in [6.45, 7) is 4.04. The molecule has 0 radical (unpaired) electrons. The van der Waals surface area contributed by atoms with Crippen LogP contribution in [0.25, 0.3) is 0 Å². The molecule has 0 saturated carbocycles. The third kappa shape index (κ3) is 3.06. The lowest BCUT2D eigenvalue weighted by Gasteiger charge is -2.21. The van der Waals surface area contributed by atoms with Gasteiger partial charge in [0.25, 0.3) is 5.91 Å². The molecule has 94 valence electrons. The third-order valence-electron chi connectivity index (χ3n) is 3.11. The average molecular weight is 237 g/mol. The third-order valence-corrected chi connectivity index (χ3v) is 3.11. The summed E-state index contributed by atoms with van der Waals surface area (Å²) in [6.07, 6.45) is 6.34. The van der Waals surface area contributed by atoms with Crippen LogP contribution in [-0.4, -0.2) is 34.4 Å². The van der Waals surface area contributed by atoms with Gasteiger partial charge in [-0.05, 0) is 32.3 Å². The summed E-state index contributed by atoms with van der Waals surface area (Å²) < 4.78 is 7.34. The van der Waals surface area contributed by atoms with Crippen molar-refractivity contribution in [3.05, 3.63) is 18.5 Å². The fraction of sp³-hybridized carbons (Fsp3) is 0.667. The van der Waals surface area contributed by atoms with Gasteiger partial charge in [0.2, 0.25) is 0 Å². The van der Waals surface area contributed by atoms with Gasteiger partial charge in [0.1, 0.15) is 5.60 Å². The summed E-state index contributed by atoms with van der Waals surface area (Å²) in [4.78, 5) is 11.9. The summed E-state index contributed by atoms with van der Waals surface area (Å²) >= 11 is 0. The van der Waals surface area contributed by atoms with Gasteiger partial charge in [-0.25, -0.2) is 0 Å². The Balaban J connectivity index is 1.66. The molecule has 17 heavy (non-hydrogen) atoms. The van der Waals surface area contributed by atoms with Crippen molar-refractivity contribution in [1.82, 2.24) is 15.1 Å². The van der Waals surface area contributed by atoms with Crippen molar-refractivity contribution in [2.45, 2.75) is 38.3 Å². The van der Waals surface area contributed by atoms with Crippen LogP contribution in [0.5, 0.6) is 0 Å². The van der Waals surface area contributed by atoms with Gasteiger partial charge in [0.15, 0.2) is 0 Å². The number of aromatic nitrogens is 2. The van der Waals surface area contributed by atoms with Crippen LogP contribution in [0.1, 0.15) is 26.2 Å². The SMILES string of the molecule is C[C@@]1(C(=O)NCCCn2cccn2)CCCO1. The van der Waals surface area contributed by atoms with E-state index < -0.39 is 5.60 Å². The van der Waals surface area contributed by atoms with E-state index in [0.717, 1.165) is 25.8 Å².